The van der Waals surface area contributed by atoms with Gasteiger partial charge in [-0.3, -0.25) is 4.79 Å². The molecule has 0 spiro atoms. The zero-order chi connectivity index (χ0) is 14.1. The third-order valence-electron chi connectivity index (χ3n) is 2.58. The van der Waals surface area contributed by atoms with Gasteiger partial charge in [-0.2, -0.15) is 0 Å². The summed E-state index contributed by atoms with van der Waals surface area (Å²) in [6, 6.07) is 9.22. The average molecular weight is 255 g/mol. The van der Waals surface area contributed by atoms with Crippen molar-refractivity contribution in [3.63, 3.8) is 0 Å². The van der Waals surface area contributed by atoms with E-state index >= 15 is 0 Å². The van der Waals surface area contributed by atoms with E-state index < -0.39 is 0 Å². The highest BCUT2D eigenvalue weighted by Crippen LogP contribution is 2.09. The minimum atomic E-state index is -0.0746. The Hall–Kier alpha value is -2.09. The molecular weight excluding hydrogens is 234 g/mol. The first-order chi connectivity index (χ1) is 9.25. The lowest BCUT2D eigenvalue weighted by Crippen LogP contribution is -2.21. The Morgan fingerprint density at radius 1 is 1.11 bits per heavy atom. The molecule has 0 aliphatic heterocycles. The molecule has 1 N–H and O–H groups in total. The molecule has 19 heavy (non-hydrogen) atoms. The van der Waals surface area contributed by atoms with Crippen LogP contribution in [0.25, 0.3) is 0 Å². The maximum absolute atomic E-state index is 11.9. The molecule has 1 amide bonds. The van der Waals surface area contributed by atoms with Gasteiger partial charge in [0.05, 0.1) is 0 Å². The highest BCUT2D eigenvalue weighted by molar-refractivity contribution is 5.95. The molecule has 0 unspecified atom stereocenters. The fourth-order valence-electron chi connectivity index (χ4n) is 1.60. The second-order valence-corrected chi connectivity index (χ2v) is 4.06. The van der Waals surface area contributed by atoms with Crippen LogP contribution < -0.4 is 5.32 Å². The maximum atomic E-state index is 11.9. The van der Waals surface area contributed by atoms with E-state index in [0.29, 0.717) is 5.56 Å². The van der Waals surface area contributed by atoms with Gasteiger partial charge in [0.1, 0.15) is 0 Å². The molecule has 2 rings (SSSR count). The highest BCUT2D eigenvalue weighted by Gasteiger charge is 2.05. The number of allylic oxidation sites excluding steroid dienone is 5. The van der Waals surface area contributed by atoms with E-state index in [1.807, 2.05) is 50.3 Å². The molecule has 0 saturated carbocycles. The van der Waals surface area contributed by atoms with E-state index in [-0.39, 0.29) is 5.91 Å². The van der Waals surface area contributed by atoms with E-state index in [2.05, 4.69) is 18.3 Å². The lowest BCUT2D eigenvalue weighted by atomic mass is 10.2. The van der Waals surface area contributed by atoms with Gasteiger partial charge in [-0.1, -0.05) is 49.8 Å². The van der Waals surface area contributed by atoms with Crippen molar-refractivity contribution < 1.29 is 4.79 Å². The molecule has 2 nitrogen and oxygen atoms in total. The van der Waals surface area contributed by atoms with E-state index in [4.69, 9.17) is 0 Å². The summed E-state index contributed by atoms with van der Waals surface area (Å²) >= 11 is 0. The van der Waals surface area contributed by atoms with E-state index in [0.717, 1.165) is 12.1 Å². The number of carbonyl (C=O) groups excluding carboxylic acids is 1. The summed E-state index contributed by atoms with van der Waals surface area (Å²) in [6.07, 6.45) is 8.88. The van der Waals surface area contributed by atoms with Crippen LogP contribution in [0.3, 0.4) is 0 Å². The minimum Gasteiger partial charge on any atom is -0.322 e. The second-order valence-electron chi connectivity index (χ2n) is 4.06. The molecule has 0 atom stereocenters. The van der Waals surface area contributed by atoms with Gasteiger partial charge in [0.2, 0.25) is 0 Å². The fraction of sp³-hybridized carbons (Fsp3) is 0.235. The van der Waals surface area contributed by atoms with Crippen molar-refractivity contribution in [2.24, 2.45) is 0 Å². The van der Waals surface area contributed by atoms with Crippen molar-refractivity contribution in [2.75, 3.05) is 0 Å². The van der Waals surface area contributed by atoms with Gasteiger partial charge in [0.15, 0.2) is 0 Å². The number of hydrogen-bond donors (Lipinski definition) is 1. The first-order valence-electron chi connectivity index (χ1n) is 6.66. The van der Waals surface area contributed by atoms with Gasteiger partial charge in [-0.25, -0.2) is 0 Å². The van der Waals surface area contributed by atoms with Crippen molar-refractivity contribution in [3.05, 3.63) is 71.5 Å². The Morgan fingerprint density at radius 2 is 1.79 bits per heavy atom. The fourth-order valence-corrected chi connectivity index (χ4v) is 1.60. The van der Waals surface area contributed by atoms with Crippen molar-refractivity contribution in [1.29, 1.82) is 0 Å². The van der Waals surface area contributed by atoms with Crippen LogP contribution in [0.4, 0.5) is 0 Å². The average Bonchev–Trinajstić information content (AvgIpc) is 2.67. The number of hydrogen-bond acceptors (Lipinski definition) is 1. The zero-order valence-corrected chi connectivity index (χ0v) is 11.8. The summed E-state index contributed by atoms with van der Waals surface area (Å²) in [7, 11) is 0. The van der Waals surface area contributed by atoms with Crippen LogP contribution in [0.15, 0.2) is 65.9 Å². The van der Waals surface area contributed by atoms with Gasteiger partial charge < -0.3 is 5.32 Å². The van der Waals surface area contributed by atoms with Gasteiger partial charge >= 0.3 is 0 Å². The summed E-state index contributed by atoms with van der Waals surface area (Å²) in [4.78, 5) is 11.9. The van der Waals surface area contributed by atoms with Crippen LogP contribution in [0.2, 0.25) is 0 Å². The van der Waals surface area contributed by atoms with Crippen molar-refractivity contribution >= 4 is 5.91 Å². The molecule has 0 bridgehead atoms. The van der Waals surface area contributed by atoms with Gasteiger partial charge in [0.25, 0.3) is 5.91 Å². The number of carbonyl (C=O) groups is 1. The number of benzene rings is 1. The SMILES string of the molecule is CC.CC1=CC=C(NC(=O)c2ccccc2)C=CC1. The molecule has 100 valence electrons. The zero-order valence-electron chi connectivity index (χ0n) is 11.8. The lowest BCUT2D eigenvalue weighted by molar-refractivity contribution is 0.0967. The predicted octanol–water partition coefficient (Wildman–Crippen LogP) is 4.23. The monoisotopic (exact) mass is 255 g/mol. The Balaban J connectivity index is 0.000000861. The van der Waals surface area contributed by atoms with Crippen LogP contribution >= 0.6 is 0 Å². The largest absolute Gasteiger partial charge is 0.322 e. The summed E-state index contributed by atoms with van der Waals surface area (Å²) in [5.41, 5.74) is 2.78. The van der Waals surface area contributed by atoms with Crippen molar-refractivity contribution in [3.8, 4) is 0 Å². The minimum absolute atomic E-state index is 0.0746. The summed E-state index contributed by atoms with van der Waals surface area (Å²) in [5, 5.41) is 2.89. The maximum Gasteiger partial charge on any atom is 0.255 e. The van der Waals surface area contributed by atoms with Gasteiger partial charge in [0, 0.05) is 11.3 Å². The molecule has 2 heteroatoms. The highest BCUT2D eigenvalue weighted by atomic mass is 16.1. The number of nitrogens with one attached hydrogen (secondary N) is 1. The Bertz CT molecular complexity index is 495. The normalized spacial score (nSPS) is 13.4. The van der Waals surface area contributed by atoms with Crippen molar-refractivity contribution in [2.45, 2.75) is 27.2 Å². The standard InChI is InChI=1S/C15H15NO.C2H6/c1-12-6-5-9-14(11-10-12)16-15(17)13-7-3-2-4-8-13;1-2/h2-5,7-11H,6H2,1H3,(H,16,17);1-2H3. The quantitative estimate of drug-likeness (QED) is 0.841. The van der Waals surface area contributed by atoms with E-state index in [1.54, 1.807) is 12.1 Å². The van der Waals surface area contributed by atoms with Crippen LogP contribution in [0.1, 0.15) is 37.6 Å². The summed E-state index contributed by atoms with van der Waals surface area (Å²) in [6.45, 7) is 6.07. The van der Waals surface area contributed by atoms with Crippen LogP contribution in [-0.2, 0) is 0 Å². The van der Waals surface area contributed by atoms with Gasteiger partial charge in [-0.15, -0.1) is 0 Å². The predicted molar refractivity (Wildman–Crippen MR) is 80.9 cm³/mol. The van der Waals surface area contributed by atoms with Crippen LogP contribution in [-0.4, -0.2) is 5.91 Å². The molecule has 0 aromatic heterocycles. The smallest absolute Gasteiger partial charge is 0.255 e. The topological polar surface area (TPSA) is 29.1 Å². The molecule has 0 heterocycles. The summed E-state index contributed by atoms with van der Waals surface area (Å²) in [5.74, 6) is -0.0746. The second kappa shape index (κ2) is 8.09. The van der Waals surface area contributed by atoms with Crippen LogP contribution in [0.5, 0.6) is 0 Å². The van der Waals surface area contributed by atoms with Crippen LogP contribution in [0, 0.1) is 0 Å². The van der Waals surface area contributed by atoms with Gasteiger partial charge in [-0.05, 0) is 37.6 Å². The molecule has 1 aliphatic carbocycles. The van der Waals surface area contributed by atoms with E-state index in [1.165, 1.54) is 5.57 Å². The molecule has 1 aromatic rings. The summed E-state index contributed by atoms with van der Waals surface area (Å²) < 4.78 is 0. The number of amides is 1. The molecule has 1 aromatic carbocycles. The Morgan fingerprint density at radius 3 is 2.47 bits per heavy atom. The molecule has 0 fully saturated rings. The first kappa shape index (κ1) is 15.0. The molecule has 0 radical (unpaired) electrons. The Kier molecular flexibility index (Phi) is 6.37. The van der Waals surface area contributed by atoms with E-state index in [9.17, 15) is 4.79 Å². The number of rotatable bonds is 2. The first-order valence-corrected chi connectivity index (χ1v) is 6.66. The van der Waals surface area contributed by atoms with Crippen molar-refractivity contribution in [1.82, 2.24) is 5.32 Å². The lowest BCUT2D eigenvalue weighted by Gasteiger charge is -2.04. The molecule has 1 aliphatic rings. The third kappa shape index (κ3) is 4.96. The third-order valence-corrected chi connectivity index (χ3v) is 2.58. The molecule has 0 saturated heterocycles. The Labute approximate surface area is 115 Å². The molecular formula is C17H21NO.